The number of nitrogens with zero attached hydrogens (tertiary/aromatic N) is 3. The molecule has 4 unspecified atom stereocenters. The van der Waals surface area contributed by atoms with Crippen molar-refractivity contribution in [2.24, 2.45) is 23.2 Å². The summed E-state index contributed by atoms with van der Waals surface area (Å²) in [4.78, 5) is 22.2. The SMILES string of the molecule is COc1cc2c(Nc3ccc(Cl)c(Cl)c3F)ncnc2cc1OCC1CC2CN(C(=O)O)C(C(C)(C)C)C2C1. The number of carbonyl (C=O) groups is 1. The molecule has 2 N–H and O–H groups in total. The summed E-state index contributed by atoms with van der Waals surface area (Å²) in [6.45, 7) is 7.40. The molecular formula is C28H31Cl2FN4O4. The second kappa shape index (κ2) is 10.5. The minimum atomic E-state index is -0.837. The van der Waals surface area contributed by atoms with Gasteiger partial charge in [0.05, 0.1) is 35.0 Å². The molecule has 0 spiro atoms. The second-order valence-electron chi connectivity index (χ2n) is 11.4. The third kappa shape index (κ3) is 5.26. The largest absolute Gasteiger partial charge is 0.493 e. The molecule has 1 aromatic heterocycles. The topological polar surface area (TPSA) is 96.8 Å². The molecule has 39 heavy (non-hydrogen) atoms. The molecular weight excluding hydrogens is 546 g/mol. The highest BCUT2D eigenvalue weighted by molar-refractivity contribution is 6.42. The van der Waals surface area contributed by atoms with E-state index in [-0.39, 0.29) is 27.2 Å². The van der Waals surface area contributed by atoms with Crippen molar-refractivity contribution in [1.82, 2.24) is 14.9 Å². The van der Waals surface area contributed by atoms with Crippen molar-refractivity contribution in [3.8, 4) is 11.5 Å². The average molecular weight is 577 g/mol. The number of carboxylic acid groups (broad SMARTS) is 1. The molecule has 208 valence electrons. The Balaban J connectivity index is 1.34. The summed E-state index contributed by atoms with van der Waals surface area (Å²) in [7, 11) is 1.55. The van der Waals surface area contributed by atoms with Crippen molar-refractivity contribution in [3.05, 3.63) is 46.5 Å². The Morgan fingerprint density at radius 3 is 2.67 bits per heavy atom. The Hall–Kier alpha value is -3.04. The third-order valence-corrected chi connectivity index (χ3v) is 8.62. The van der Waals surface area contributed by atoms with Gasteiger partial charge in [-0.1, -0.05) is 44.0 Å². The highest BCUT2D eigenvalue weighted by Gasteiger charge is 2.52. The smallest absolute Gasteiger partial charge is 0.407 e. The van der Waals surface area contributed by atoms with Crippen LogP contribution in [0.1, 0.15) is 33.6 Å². The fourth-order valence-electron chi connectivity index (χ4n) is 6.31. The number of hydrogen-bond donors (Lipinski definition) is 2. The van der Waals surface area contributed by atoms with Crippen molar-refractivity contribution < 1.29 is 23.8 Å². The van der Waals surface area contributed by atoms with E-state index in [0.29, 0.717) is 59.1 Å². The normalized spacial score (nSPS) is 22.7. The summed E-state index contributed by atoms with van der Waals surface area (Å²) in [5.41, 5.74) is 0.586. The molecule has 2 aliphatic rings. The lowest BCUT2D eigenvalue weighted by Crippen LogP contribution is -2.45. The molecule has 2 fully saturated rings. The number of hydrogen-bond acceptors (Lipinski definition) is 6. The highest BCUT2D eigenvalue weighted by Crippen LogP contribution is 2.50. The zero-order valence-corrected chi connectivity index (χ0v) is 23.7. The summed E-state index contributed by atoms with van der Waals surface area (Å²) >= 11 is 11.9. The number of aromatic nitrogens is 2. The van der Waals surface area contributed by atoms with Crippen molar-refractivity contribution in [3.63, 3.8) is 0 Å². The number of likely N-dealkylation sites (tertiary alicyclic amines) is 1. The van der Waals surface area contributed by atoms with Gasteiger partial charge < -0.3 is 24.8 Å². The zero-order valence-electron chi connectivity index (χ0n) is 22.2. The van der Waals surface area contributed by atoms with Crippen LogP contribution in [0.2, 0.25) is 10.0 Å². The first kappa shape index (κ1) is 27.5. The quantitative estimate of drug-likeness (QED) is 0.298. The number of rotatable bonds is 6. The van der Waals surface area contributed by atoms with Crippen LogP contribution in [0.25, 0.3) is 10.9 Å². The molecule has 1 aliphatic carbocycles. The van der Waals surface area contributed by atoms with Crippen molar-refractivity contribution in [2.75, 3.05) is 25.6 Å². The van der Waals surface area contributed by atoms with Gasteiger partial charge in [0, 0.05) is 24.0 Å². The highest BCUT2D eigenvalue weighted by atomic mass is 35.5. The lowest BCUT2D eigenvalue weighted by Gasteiger charge is -2.37. The van der Waals surface area contributed by atoms with Crippen LogP contribution in [-0.2, 0) is 0 Å². The van der Waals surface area contributed by atoms with Crippen LogP contribution in [0.15, 0.2) is 30.6 Å². The van der Waals surface area contributed by atoms with Crippen LogP contribution in [0.5, 0.6) is 11.5 Å². The van der Waals surface area contributed by atoms with E-state index in [1.807, 2.05) is 0 Å². The van der Waals surface area contributed by atoms with E-state index in [9.17, 15) is 14.3 Å². The Labute approximate surface area is 236 Å². The van der Waals surface area contributed by atoms with Crippen LogP contribution in [-0.4, -0.2) is 52.4 Å². The van der Waals surface area contributed by atoms with Gasteiger partial charge in [-0.15, -0.1) is 0 Å². The monoisotopic (exact) mass is 576 g/mol. The van der Waals surface area contributed by atoms with Gasteiger partial charge in [-0.25, -0.2) is 19.2 Å². The van der Waals surface area contributed by atoms with Gasteiger partial charge >= 0.3 is 6.09 Å². The first-order valence-electron chi connectivity index (χ1n) is 12.8. The van der Waals surface area contributed by atoms with E-state index < -0.39 is 11.9 Å². The van der Waals surface area contributed by atoms with Gasteiger partial charge in [0.2, 0.25) is 0 Å². The number of methoxy groups -OCH3 is 1. The summed E-state index contributed by atoms with van der Waals surface area (Å²) < 4.78 is 26.5. The molecule has 0 radical (unpaired) electrons. The van der Waals surface area contributed by atoms with E-state index in [1.165, 1.54) is 18.5 Å². The molecule has 3 aromatic rings. The standard InChI is InChI=1S/C28H31Cl2FN4O4/c1-28(2,3)25-16-8-14(7-15(16)11-35(25)27(36)37)12-39-22-10-20-17(9-21(22)38-4)26(33-13-32-20)34-19-6-5-18(29)23(30)24(19)31/h5-6,9-10,13-16,25H,7-8,11-12H2,1-4H3,(H,36,37)(H,32,33,34). The van der Waals surface area contributed by atoms with Gasteiger partial charge in [0.1, 0.15) is 12.1 Å². The van der Waals surface area contributed by atoms with Gasteiger partial charge in [0.15, 0.2) is 17.3 Å². The van der Waals surface area contributed by atoms with Crippen molar-refractivity contribution in [2.45, 2.75) is 39.7 Å². The number of benzene rings is 2. The average Bonchev–Trinajstić information content (AvgIpc) is 3.45. The van der Waals surface area contributed by atoms with E-state index in [4.69, 9.17) is 32.7 Å². The molecule has 5 rings (SSSR count). The predicted octanol–water partition coefficient (Wildman–Crippen LogP) is 7.26. The molecule has 11 heteroatoms. The van der Waals surface area contributed by atoms with Crippen LogP contribution < -0.4 is 14.8 Å². The third-order valence-electron chi connectivity index (χ3n) is 7.84. The Morgan fingerprint density at radius 1 is 1.21 bits per heavy atom. The van der Waals surface area contributed by atoms with Crippen molar-refractivity contribution in [1.29, 1.82) is 0 Å². The summed E-state index contributed by atoms with van der Waals surface area (Å²) in [6.07, 6.45) is 2.38. The Bertz CT molecular complexity index is 1420. The number of ether oxygens (including phenoxy) is 2. The minimum absolute atomic E-state index is 0.0109. The molecule has 1 saturated carbocycles. The molecule has 1 aliphatic heterocycles. The fraction of sp³-hybridized carbons (Fsp3) is 0.464. The number of nitrogens with one attached hydrogen (secondary N) is 1. The molecule has 4 atom stereocenters. The minimum Gasteiger partial charge on any atom is -0.493 e. The van der Waals surface area contributed by atoms with Gasteiger partial charge in [-0.3, -0.25) is 0 Å². The fourth-order valence-corrected chi connectivity index (χ4v) is 6.62. The molecule has 1 amide bonds. The first-order chi connectivity index (χ1) is 18.5. The predicted molar refractivity (Wildman–Crippen MR) is 149 cm³/mol. The molecule has 2 aromatic carbocycles. The number of fused-ring (bicyclic) bond motifs is 2. The van der Waals surface area contributed by atoms with E-state index in [2.05, 4.69) is 36.1 Å². The summed E-state index contributed by atoms with van der Waals surface area (Å²) in [5, 5.41) is 13.3. The maximum atomic E-state index is 14.6. The molecule has 1 saturated heterocycles. The molecule has 0 bridgehead atoms. The van der Waals surface area contributed by atoms with Gasteiger partial charge in [-0.05, 0) is 54.2 Å². The maximum absolute atomic E-state index is 14.6. The maximum Gasteiger partial charge on any atom is 0.407 e. The van der Waals surface area contributed by atoms with E-state index in [0.717, 1.165) is 12.8 Å². The van der Waals surface area contributed by atoms with Crippen LogP contribution >= 0.6 is 23.2 Å². The van der Waals surface area contributed by atoms with E-state index >= 15 is 0 Å². The number of amides is 1. The summed E-state index contributed by atoms with van der Waals surface area (Å²) in [6, 6.07) is 6.52. The second-order valence-corrected chi connectivity index (χ2v) is 12.2. The molecule has 8 nitrogen and oxygen atoms in total. The first-order valence-corrected chi connectivity index (χ1v) is 13.6. The lowest BCUT2D eigenvalue weighted by atomic mass is 9.77. The molecule has 2 heterocycles. The van der Waals surface area contributed by atoms with Gasteiger partial charge in [-0.2, -0.15) is 0 Å². The van der Waals surface area contributed by atoms with Gasteiger partial charge in [0.25, 0.3) is 0 Å². The van der Waals surface area contributed by atoms with Crippen LogP contribution in [0.4, 0.5) is 20.7 Å². The van der Waals surface area contributed by atoms with Crippen molar-refractivity contribution >= 4 is 51.7 Å². The van der Waals surface area contributed by atoms with Crippen LogP contribution in [0.3, 0.4) is 0 Å². The number of anilines is 2. The van der Waals surface area contributed by atoms with Crippen LogP contribution in [0, 0.1) is 29.0 Å². The summed E-state index contributed by atoms with van der Waals surface area (Å²) in [5.74, 6) is 1.70. The van der Waals surface area contributed by atoms with E-state index in [1.54, 1.807) is 24.1 Å². The Kier molecular flexibility index (Phi) is 7.41. The zero-order chi connectivity index (χ0) is 28.1. The Morgan fingerprint density at radius 2 is 1.97 bits per heavy atom. The lowest BCUT2D eigenvalue weighted by molar-refractivity contribution is 0.0858. The number of halogens is 3.